The molecule has 1 aliphatic carbocycles. The lowest BCUT2D eigenvalue weighted by Gasteiger charge is -2.15. The van der Waals surface area contributed by atoms with Gasteiger partial charge in [-0.05, 0) is 17.7 Å². The summed E-state index contributed by atoms with van der Waals surface area (Å²) >= 11 is 6.14. The number of nitrogens with zero attached hydrogens (tertiary/aromatic N) is 4. The van der Waals surface area contributed by atoms with E-state index in [1.54, 1.807) is 25.2 Å². The Balaban J connectivity index is 1.74. The van der Waals surface area contributed by atoms with Crippen LogP contribution in [0.4, 0.5) is 8.78 Å². The molecule has 172 valence electrons. The Morgan fingerprint density at radius 1 is 1.38 bits per heavy atom. The Bertz CT molecular complexity index is 1560. The Labute approximate surface area is 196 Å². The van der Waals surface area contributed by atoms with Crippen LogP contribution in [0, 0.1) is 17.1 Å². The quantitative estimate of drug-likeness (QED) is 0.448. The number of aromatic nitrogens is 4. The number of ether oxygens (including phenoxy) is 1. The fourth-order valence-electron chi connectivity index (χ4n) is 3.95. The molecule has 2 aromatic heterocycles. The van der Waals surface area contributed by atoms with E-state index in [0.717, 1.165) is 0 Å². The van der Waals surface area contributed by atoms with Gasteiger partial charge in [-0.15, -0.1) is 0 Å². The van der Waals surface area contributed by atoms with Gasteiger partial charge in [-0.25, -0.2) is 13.9 Å². The maximum Gasteiger partial charge on any atom is 0.272 e. The van der Waals surface area contributed by atoms with Gasteiger partial charge in [0.15, 0.2) is 5.82 Å². The van der Waals surface area contributed by atoms with Gasteiger partial charge in [-0.1, -0.05) is 17.7 Å². The Hall–Kier alpha value is -3.81. The maximum atomic E-state index is 15.4. The summed E-state index contributed by atoms with van der Waals surface area (Å²) in [5.74, 6) is -0.828. The Morgan fingerprint density at radius 2 is 2.15 bits per heavy atom. The van der Waals surface area contributed by atoms with Gasteiger partial charge in [0.1, 0.15) is 29.7 Å². The van der Waals surface area contributed by atoms with Crippen molar-refractivity contribution < 1.29 is 13.5 Å². The summed E-state index contributed by atoms with van der Waals surface area (Å²) in [6.45, 7) is 0.0928. The van der Waals surface area contributed by atoms with E-state index in [-0.39, 0.29) is 46.1 Å². The fraction of sp³-hybridized carbons (Fsp3) is 0.217. The molecule has 0 spiro atoms. The first-order valence-corrected chi connectivity index (χ1v) is 10.7. The van der Waals surface area contributed by atoms with E-state index < -0.39 is 18.1 Å². The molecule has 0 bridgehead atoms. The highest BCUT2D eigenvalue weighted by Crippen LogP contribution is 2.43. The molecule has 2 aromatic carbocycles. The van der Waals surface area contributed by atoms with Crippen molar-refractivity contribution in [2.45, 2.75) is 25.2 Å². The largest absolute Gasteiger partial charge is 0.486 e. The number of fused-ring (bicyclic) bond motifs is 1. The Morgan fingerprint density at radius 3 is 2.82 bits per heavy atom. The lowest BCUT2D eigenvalue weighted by atomic mass is 9.95. The van der Waals surface area contributed by atoms with Crippen LogP contribution in [0.2, 0.25) is 5.02 Å². The number of nitriles is 1. The predicted octanol–water partition coefficient (Wildman–Crippen LogP) is 3.60. The monoisotopic (exact) mass is 482 g/mol. The minimum absolute atomic E-state index is 0.000799. The van der Waals surface area contributed by atoms with E-state index in [9.17, 15) is 14.4 Å². The van der Waals surface area contributed by atoms with Gasteiger partial charge in [0, 0.05) is 37.0 Å². The normalized spacial score (nSPS) is 17.1. The van der Waals surface area contributed by atoms with Crippen molar-refractivity contribution >= 4 is 22.4 Å². The van der Waals surface area contributed by atoms with Crippen molar-refractivity contribution in [3.63, 3.8) is 0 Å². The van der Waals surface area contributed by atoms with Crippen molar-refractivity contribution in [3.05, 3.63) is 62.9 Å². The van der Waals surface area contributed by atoms with Crippen LogP contribution in [0.5, 0.6) is 5.75 Å². The molecular weight excluding hydrogens is 466 g/mol. The number of nitrogens with two attached hydrogens (primary N) is 1. The number of halogens is 3. The third kappa shape index (κ3) is 3.50. The Kier molecular flexibility index (Phi) is 5.31. The SMILES string of the molecule is Cn1ncc(-c2ccc3c(=O)[nH]nc(CN)c3c2)c1-c1c(F)c(Cl)cc(O[C@@H]2C[C@H]2F)c1C#N. The van der Waals surface area contributed by atoms with Crippen molar-refractivity contribution in [3.8, 4) is 34.2 Å². The molecule has 1 saturated carbocycles. The van der Waals surface area contributed by atoms with E-state index in [1.165, 1.54) is 16.9 Å². The summed E-state index contributed by atoms with van der Waals surface area (Å²) in [6, 6.07) is 8.16. The number of aryl methyl sites for hydroxylation is 1. The summed E-state index contributed by atoms with van der Waals surface area (Å²) in [4.78, 5) is 12.2. The highest BCUT2D eigenvalue weighted by atomic mass is 35.5. The lowest BCUT2D eigenvalue weighted by molar-refractivity contribution is 0.260. The van der Waals surface area contributed by atoms with Crippen LogP contribution in [0.3, 0.4) is 0 Å². The molecule has 2 atom stereocenters. The van der Waals surface area contributed by atoms with E-state index in [1.807, 2.05) is 6.07 Å². The van der Waals surface area contributed by atoms with Crippen LogP contribution in [0.15, 0.2) is 35.3 Å². The molecule has 0 radical (unpaired) electrons. The number of alkyl halides is 1. The number of nitrogens with one attached hydrogen (secondary N) is 1. The van der Waals surface area contributed by atoms with Crippen LogP contribution in [-0.4, -0.2) is 32.3 Å². The fourth-order valence-corrected chi connectivity index (χ4v) is 4.14. The zero-order chi connectivity index (χ0) is 24.1. The molecule has 0 unspecified atom stereocenters. The highest BCUT2D eigenvalue weighted by molar-refractivity contribution is 6.31. The molecule has 0 aliphatic heterocycles. The van der Waals surface area contributed by atoms with Gasteiger partial charge in [-0.3, -0.25) is 9.48 Å². The van der Waals surface area contributed by atoms with E-state index in [4.69, 9.17) is 22.1 Å². The van der Waals surface area contributed by atoms with Gasteiger partial charge in [0.2, 0.25) is 0 Å². The highest BCUT2D eigenvalue weighted by Gasteiger charge is 2.41. The van der Waals surface area contributed by atoms with Crippen molar-refractivity contribution in [2.75, 3.05) is 0 Å². The average Bonchev–Trinajstić information content (AvgIpc) is 3.39. The molecule has 4 aromatic rings. The number of rotatable bonds is 5. The molecule has 2 heterocycles. The summed E-state index contributed by atoms with van der Waals surface area (Å²) in [6.07, 6.45) is -0.134. The maximum absolute atomic E-state index is 15.4. The second-order valence-electron chi connectivity index (χ2n) is 7.93. The first-order chi connectivity index (χ1) is 16.3. The molecule has 11 heteroatoms. The van der Waals surface area contributed by atoms with Crippen molar-refractivity contribution in [1.29, 1.82) is 5.26 Å². The number of benzene rings is 2. The predicted molar refractivity (Wildman–Crippen MR) is 122 cm³/mol. The molecule has 1 fully saturated rings. The summed E-state index contributed by atoms with van der Waals surface area (Å²) in [5.41, 5.74) is 7.00. The van der Waals surface area contributed by atoms with Gasteiger partial charge in [-0.2, -0.15) is 15.5 Å². The van der Waals surface area contributed by atoms with Crippen molar-refractivity contribution in [1.82, 2.24) is 20.0 Å². The topological polar surface area (TPSA) is 123 Å². The van der Waals surface area contributed by atoms with Crippen LogP contribution in [-0.2, 0) is 13.6 Å². The summed E-state index contributed by atoms with van der Waals surface area (Å²) in [7, 11) is 1.60. The van der Waals surface area contributed by atoms with Crippen molar-refractivity contribution in [2.24, 2.45) is 12.8 Å². The number of hydrogen-bond donors (Lipinski definition) is 2. The molecular formula is C23H17ClF2N6O2. The second-order valence-corrected chi connectivity index (χ2v) is 8.34. The average molecular weight is 483 g/mol. The van der Waals surface area contributed by atoms with Crippen LogP contribution in [0.1, 0.15) is 17.7 Å². The van der Waals surface area contributed by atoms with E-state index >= 15 is 4.39 Å². The standard InChI is InChI=1S/C23H17ClF2N6O2/c1-32-22(20-13(7-27)18(5-15(24)21(20)26)34-19-6-16(19)25)14(9-29-32)10-2-3-11-12(4-10)17(8-28)30-31-23(11)33/h2-5,9,16,19H,6,8,28H2,1H3,(H,31,33)/t16-,19-/m1/s1. The van der Waals surface area contributed by atoms with Gasteiger partial charge >= 0.3 is 0 Å². The summed E-state index contributed by atoms with van der Waals surface area (Å²) < 4.78 is 35.8. The zero-order valence-electron chi connectivity index (χ0n) is 17.8. The number of hydrogen-bond acceptors (Lipinski definition) is 6. The zero-order valence-corrected chi connectivity index (χ0v) is 18.5. The number of aromatic amines is 1. The van der Waals surface area contributed by atoms with Gasteiger partial charge in [0.25, 0.3) is 5.56 Å². The molecule has 5 rings (SSSR count). The van der Waals surface area contributed by atoms with E-state index in [2.05, 4.69) is 15.3 Å². The smallest absolute Gasteiger partial charge is 0.272 e. The second kappa shape index (κ2) is 8.20. The first-order valence-electron chi connectivity index (χ1n) is 10.3. The minimum Gasteiger partial charge on any atom is -0.486 e. The third-order valence-electron chi connectivity index (χ3n) is 5.78. The molecule has 34 heavy (non-hydrogen) atoms. The van der Waals surface area contributed by atoms with Crippen LogP contribution < -0.4 is 16.0 Å². The van der Waals surface area contributed by atoms with Crippen LogP contribution in [0.25, 0.3) is 33.2 Å². The molecule has 8 nitrogen and oxygen atoms in total. The molecule has 0 amide bonds. The van der Waals surface area contributed by atoms with Gasteiger partial charge in [0.05, 0.1) is 33.6 Å². The third-order valence-corrected chi connectivity index (χ3v) is 6.05. The minimum atomic E-state index is -1.14. The molecule has 3 N–H and O–H groups in total. The van der Waals surface area contributed by atoms with E-state index in [0.29, 0.717) is 27.6 Å². The molecule has 0 saturated heterocycles. The lowest BCUT2D eigenvalue weighted by Crippen LogP contribution is -2.13. The van der Waals surface area contributed by atoms with Crippen LogP contribution >= 0.6 is 11.6 Å². The van der Waals surface area contributed by atoms with Gasteiger partial charge < -0.3 is 10.5 Å². The summed E-state index contributed by atoms with van der Waals surface area (Å²) in [5, 5.41) is 21.2. The molecule has 1 aliphatic rings. The number of H-pyrrole nitrogens is 1. The first kappa shape index (κ1) is 22.0.